The van der Waals surface area contributed by atoms with Crippen LogP contribution in [-0.2, 0) is 6.42 Å². The molecule has 0 N–H and O–H groups in total. The SMILES string of the molecule is Fc1cccc(F)c1CC(Br)c1cc2ccccc2o1. The molecule has 1 atom stereocenters. The average Bonchev–Trinajstić information content (AvgIpc) is 2.87. The van der Waals surface area contributed by atoms with Gasteiger partial charge in [-0.05, 0) is 30.7 Å². The van der Waals surface area contributed by atoms with Gasteiger partial charge in [0.05, 0.1) is 4.83 Å². The van der Waals surface area contributed by atoms with E-state index in [4.69, 9.17) is 4.42 Å². The molecule has 0 radical (unpaired) electrons. The Morgan fingerprint density at radius 3 is 2.40 bits per heavy atom. The fraction of sp³-hybridized carbons (Fsp3) is 0.125. The van der Waals surface area contributed by atoms with Crippen molar-refractivity contribution in [2.24, 2.45) is 0 Å². The molecule has 1 nitrogen and oxygen atoms in total. The normalized spacial score (nSPS) is 12.8. The maximum atomic E-state index is 13.6. The van der Waals surface area contributed by atoms with Crippen LogP contribution in [0.5, 0.6) is 0 Å². The molecular formula is C16H11BrF2O. The monoisotopic (exact) mass is 336 g/mol. The number of rotatable bonds is 3. The zero-order chi connectivity index (χ0) is 14.1. The van der Waals surface area contributed by atoms with Crippen molar-refractivity contribution in [3.05, 3.63) is 71.5 Å². The Morgan fingerprint density at radius 1 is 1.00 bits per heavy atom. The Kier molecular flexibility index (Phi) is 3.57. The number of para-hydroxylation sites is 1. The van der Waals surface area contributed by atoms with Crippen molar-refractivity contribution in [2.75, 3.05) is 0 Å². The van der Waals surface area contributed by atoms with E-state index in [1.54, 1.807) is 0 Å². The molecule has 0 fully saturated rings. The Morgan fingerprint density at radius 2 is 1.70 bits per heavy atom. The summed E-state index contributed by atoms with van der Waals surface area (Å²) in [4.78, 5) is -0.277. The lowest BCUT2D eigenvalue weighted by Crippen LogP contribution is -2.00. The maximum absolute atomic E-state index is 13.6. The molecule has 2 aromatic carbocycles. The third-order valence-corrected chi connectivity index (χ3v) is 3.97. The van der Waals surface area contributed by atoms with E-state index in [0.717, 1.165) is 11.0 Å². The van der Waals surface area contributed by atoms with Crippen LogP contribution in [0.2, 0.25) is 0 Å². The number of halogens is 3. The van der Waals surface area contributed by atoms with Crippen LogP contribution >= 0.6 is 15.9 Å². The van der Waals surface area contributed by atoms with E-state index in [1.807, 2.05) is 30.3 Å². The summed E-state index contributed by atoms with van der Waals surface area (Å²) in [5, 5.41) is 0.973. The molecule has 102 valence electrons. The van der Waals surface area contributed by atoms with Gasteiger partial charge in [-0.2, -0.15) is 0 Å². The summed E-state index contributed by atoms with van der Waals surface area (Å²) < 4.78 is 33.0. The molecule has 0 spiro atoms. The van der Waals surface area contributed by atoms with E-state index in [2.05, 4.69) is 15.9 Å². The predicted octanol–water partition coefficient (Wildman–Crippen LogP) is 5.39. The van der Waals surface area contributed by atoms with Crippen molar-refractivity contribution in [3.63, 3.8) is 0 Å². The van der Waals surface area contributed by atoms with E-state index >= 15 is 0 Å². The molecular weight excluding hydrogens is 326 g/mol. The third-order valence-electron chi connectivity index (χ3n) is 3.20. The van der Waals surface area contributed by atoms with Crippen LogP contribution in [0.3, 0.4) is 0 Å². The van der Waals surface area contributed by atoms with Gasteiger partial charge in [-0.3, -0.25) is 0 Å². The van der Waals surface area contributed by atoms with Gasteiger partial charge in [0.1, 0.15) is 23.0 Å². The molecule has 0 saturated heterocycles. The molecule has 20 heavy (non-hydrogen) atoms. The Hall–Kier alpha value is -1.68. The Labute approximate surface area is 123 Å². The summed E-state index contributed by atoms with van der Waals surface area (Å²) in [6.45, 7) is 0. The number of benzene rings is 2. The molecule has 0 amide bonds. The molecule has 0 aliphatic heterocycles. The molecule has 3 rings (SSSR count). The first-order valence-corrected chi connectivity index (χ1v) is 7.12. The second kappa shape index (κ2) is 5.37. The van der Waals surface area contributed by atoms with E-state index in [9.17, 15) is 8.78 Å². The standard InChI is InChI=1S/C16H11BrF2O/c17-12(9-11-13(18)5-3-6-14(11)19)16-8-10-4-1-2-7-15(10)20-16/h1-8,12H,9H2. The molecule has 3 aromatic rings. The highest BCUT2D eigenvalue weighted by molar-refractivity contribution is 9.09. The summed E-state index contributed by atoms with van der Waals surface area (Å²) in [7, 11) is 0. The average molecular weight is 337 g/mol. The molecule has 0 saturated carbocycles. The van der Waals surface area contributed by atoms with E-state index in [0.29, 0.717) is 5.76 Å². The molecule has 1 heterocycles. The minimum atomic E-state index is -0.537. The fourth-order valence-corrected chi connectivity index (χ4v) is 2.71. The summed E-state index contributed by atoms with van der Waals surface area (Å²) in [5.41, 5.74) is 0.829. The Bertz CT molecular complexity index is 698. The first-order valence-electron chi connectivity index (χ1n) is 6.20. The lowest BCUT2D eigenvalue weighted by molar-refractivity contribution is 0.523. The fourth-order valence-electron chi connectivity index (χ4n) is 2.16. The van der Waals surface area contributed by atoms with Crippen molar-refractivity contribution in [2.45, 2.75) is 11.2 Å². The van der Waals surface area contributed by atoms with Crippen LogP contribution < -0.4 is 0 Å². The molecule has 1 aromatic heterocycles. The number of alkyl halides is 1. The van der Waals surface area contributed by atoms with Crippen LogP contribution in [0.1, 0.15) is 16.2 Å². The van der Waals surface area contributed by atoms with Crippen molar-refractivity contribution in [1.82, 2.24) is 0 Å². The predicted molar refractivity (Wildman–Crippen MR) is 77.9 cm³/mol. The van der Waals surface area contributed by atoms with E-state index in [-0.39, 0.29) is 16.8 Å². The number of hydrogen-bond acceptors (Lipinski definition) is 1. The molecule has 0 aliphatic rings. The number of fused-ring (bicyclic) bond motifs is 1. The van der Waals surface area contributed by atoms with Crippen LogP contribution in [-0.4, -0.2) is 0 Å². The quantitative estimate of drug-likeness (QED) is 0.584. The van der Waals surface area contributed by atoms with Crippen LogP contribution in [0, 0.1) is 11.6 Å². The largest absolute Gasteiger partial charge is 0.460 e. The molecule has 0 aliphatic carbocycles. The Balaban J connectivity index is 1.91. The first-order chi connectivity index (χ1) is 9.65. The third kappa shape index (κ3) is 2.48. The van der Waals surface area contributed by atoms with Crippen molar-refractivity contribution in [1.29, 1.82) is 0 Å². The van der Waals surface area contributed by atoms with Gasteiger partial charge in [-0.1, -0.05) is 40.2 Å². The van der Waals surface area contributed by atoms with Gasteiger partial charge in [-0.25, -0.2) is 8.78 Å². The van der Waals surface area contributed by atoms with Crippen LogP contribution in [0.25, 0.3) is 11.0 Å². The highest BCUT2D eigenvalue weighted by atomic mass is 79.9. The van der Waals surface area contributed by atoms with Crippen molar-refractivity contribution in [3.8, 4) is 0 Å². The minimum absolute atomic E-state index is 0.0647. The zero-order valence-electron chi connectivity index (χ0n) is 10.4. The van der Waals surface area contributed by atoms with Crippen molar-refractivity contribution < 1.29 is 13.2 Å². The topological polar surface area (TPSA) is 13.1 Å². The van der Waals surface area contributed by atoms with E-state index in [1.165, 1.54) is 18.2 Å². The summed E-state index contributed by atoms with van der Waals surface area (Å²) in [6, 6.07) is 13.4. The van der Waals surface area contributed by atoms with Gasteiger partial charge < -0.3 is 4.42 Å². The lowest BCUT2D eigenvalue weighted by Gasteiger charge is -2.08. The highest BCUT2D eigenvalue weighted by Gasteiger charge is 2.18. The summed E-state index contributed by atoms with van der Waals surface area (Å²) in [5.74, 6) is -0.412. The van der Waals surface area contributed by atoms with Gasteiger partial charge in [0, 0.05) is 10.9 Å². The summed E-state index contributed by atoms with van der Waals surface area (Å²) >= 11 is 3.44. The van der Waals surface area contributed by atoms with Gasteiger partial charge in [0.15, 0.2) is 0 Å². The zero-order valence-corrected chi connectivity index (χ0v) is 12.0. The smallest absolute Gasteiger partial charge is 0.134 e. The van der Waals surface area contributed by atoms with Crippen molar-refractivity contribution >= 4 is 26.9 Å². The first kappa shape index (κ1) is 13.3. The minimum Gasteiger partial charge on any atom is -0.460 e. The molecule has 0 bridgehead atoms. The van der Waals surface area contributed by atoms with Crippen LogP contribution in [0.4, 0.5) is 8.78 Å². The molecule has 4 heteroatoms. The number of furan rings is 1. The second-order valence-corrected chi connectivity index (χ2v) is 5.66. The number of hydrogen-bond donors (Lipinski definition) is 0. The van der Waals surface area contributed by atoms with Gasteiger partial charge >= 0.3 is 0 Å². The van der Waals surface area contributed by atoms with Gasteiger partial charge in [0.2, 0.25) is 0 Å². The van der Waals surface area contributed by atoms with Gasteiger partial charge in [-0.15, -0.1) is 0 Å². The lowest BCUT2D eigenvalue weighted by atomic mass is 10.1. The maximum Gasteiger partial charge on any atom is 0.134 e. The molecule has 1 unspecified atom stereocenters. The van der Waals surface area contributed by atoms with E-state index < -0.39 is 11.6 Å². The van der Waals surface area contributed by atoms with Gasteiger partial charge in [0.25, 0.3) is 0 Å². The second-order valence-electron chi connectivity index (χ2n) is 4.56. The summed E-state index contributed by atoms with van der Waals surface area (Å²) in [6.07, 6.45) is 0.193. The van der Waals surface area contributed by atoms with Crippen LogP contribution in [0.15, 0.2) is 52.9 Å². The highest BCUT2D eigenvalue weighted by Crippen LogP contribution is 2.32.